The molecule has 0 atom stereocenters. The number of carboxylic acids is 2. The molecule has 0 heterocycles. The zero-order valence-electron chi connectivity index (χ0n) is 12.9. The number of benzene rings is 2. The van der Waals surface area contributed by atoms with Crippen LogP contribution in [0.2, 0.25) is 0 Å². The van der Waals surface area contributed by atoms with Crippen molar-refractivity contribution in [3.63, 3.8) is 0 Å². The zero-order chi connectivity index (χ0) is 18.6. The molecule has 8 heteroatoms. The smallest absolute Gasteiger partial charge is 0.308 e. The molecule has 2 rings (SSSR count). The van der Waals surface area contributed by atoms with Gasteiger partial charge in [-0.2, -0.15) is 0 Å². The molecule has 0 aliphatic carbocycles. The Morgan fingerprint density at radius 1 is 0.840 bits per heavy atom. The molecule has 0 spiro atoms. The van der Waals surface area contributed by atoms with Gasteiger partial charge in [-0.1, -0.05) is 0 Å². The minimum Gasteiger partial charge on any atom is -0.545 e. The Bertz CT molecular complexity index is 824. The minimum atomic E-state index is -1.59. The number of aromatic carboxylic acids is 2. The van der Waals surface area contributed by atoms with Crippen molar-refractivity contribution in [2.24, 2.45) is 0 Å². The molecule has 0 aliphatic rings. The molecule has 0 saturated carbocycles. The SMILES string of the molecule is CC(=O)Oc1ccc(C(=O)Nc2cc(C(=O)[O-])cc(C(=O)[O-])c2)cc1. The summed E-state index contributed by atoms with van der Waals surface area (Å²) in [5.74, 6) is -4.06. The molecular weight excluding hydrogens is 330 g/mol. The number of rotatable bonds is 5. The number of amides is 1. The van der Waals surface area contributed by atoms with Crippen LogP contribution in [0.3, 0.4) is 0 Å². The molecule has 0 aliphatic heterocycles. The van der Waals surface area contributed by atoms with E-state index in [1.54, 1.807) is 0 Å². The highest BCUT2D eigenvalue weighted by atomic mass is 16.5. The summed E-state index contributed by atoms with van der Waals surface area (Å²) < 4.78 is 4.84. The van der Waals surface area contributed by atoms with Gasteiger partial charge in [0.1, 0.15) is 5.75 Å². The summed E-state index contributed by atoms with van der Waals surface area (Å²) >= 11 is 0. The lowest BCUT2D eigenvalue weighted by Crippen LogP contribution is -2.26. The van der Waals surface area contributed by atoms with Gasteiger partial charge in [0.25, 0.3) is 5.91 Å². The van der Waals surface area contributed by atoms with Crippen LogP contribution >= 0.6 is 0 Å². The highest BCUT2D eigenvalue weighted by molar-refractivity contribution is 6.05. The van der Waals surface area contributed by atoms with Crippen molar-refractivity contribution in [2.75, 3.05) is 5.32 Å². The van der Waals surface area contributed by atoms with Gasteiger partial charge in [0, 0.05) is 18.2 Å². The Morgan fingerprint density at radius 3 is 1.80 bits per heavy atom. The first-order valence-electron chi connectivity index (χ1n) is 6.94. The van der Waals surface area contributed by atoms with Crippen LogP contribution in [-0.2, 0) is 4.79 Å². The molecule has 0 saturated heterocycles. The van der Waals surface area contributed by atoms with Crippen molar-refractivity contribution < 1.29 is 34.1 Å². The molecule has 128 valence electrons. The summed E-state index contributed by atoms with van der Waals surface area (Å²) in [5, 5.41) is 24.2. The molecule has 1 amide bonds. The second-order valence-electron chi connectivity index (χ2n) is 4.95. The lowest BCUT2D eigenvalue weighted by molar-refractivity contribution is -0.255. The van der Waals surface area contributed by atoms with Crippen molar-refractivity contribution in [3.8, 4) is 5.75 Å². The Hall–Kier alpha value is -3.68. The summed E-state index contributed by atoms with van der Waals surface area (Å²) in [4.78, 5) is 44.9. The van der Waals surface area contributed by atoms with Gasteiger partial charge in [0.05, 0.1) is 11.9 Å². The molecule has 0 aromatic heterocycles. The topological polar surface area (TPSA) is 136 Å². The van der Waals surface area contributed by atoms with Gasteiger partial charge in [-0.25, -0.2) is 0 Å². The number of esters is 1. The Kier molecular flexibility index (Phi) is 5.13. The lowest BCUT2D eigenvalue weighted by atomic mass is 10.1. The molecule has 2 aromatic carbocycles. The van der Waals surface area contributed by atoms with Crippen LogP contribution in [0, 0.1) is 0 Å². The number of carbonyl (C=O) groups is 4. The minimum absolute atomic E-state index is 0.0463. The Morgan fingerprint density at radius 2 is 1.36 bits per heavy atom. The first kappa shape index (κ1) is 17.7. The van der Waals surface area contributed by atoms with Gasteiger partial charge in [-0.15, -0.1) is 0 Å². The van der Waals surface area contributed by atoms with E-state index >= 15 is 0 Å². The first-order valence-corrected chi connectivity index (χ1v) is 6.94. The average Bonchev–Trinajstić information content (AvgIpc) is 2.54. The molecule has 8 nitrogen and oxygen atoms in total. The Balaban J connectivity index is 2.23. The third-order valence-corrected chi connectivity index (χ3v) is 3.04. The van der Waals surface area contributed by atoms with Crippen molar-refractivity contribution >= 4 is 29.5 Å². The summed E-state index contributed by atoms with van der Waals surface area (Å²) in [6.07, 6.45) is 0. The van der Waals surface area contributed by atoms with Gasteiger partial charge >= 0.3 is 5.97 Å². The van der Waals surface area contributed by atoms with Gasteiger partial charge < -0.3 is 29.9 Å². The average molecular weight is 341 g/mol. The molecule has 0 radical (unpaired) electrons. The third kappa shape index (κ3) is 4.64. The zero-order valence-corrected chi connectivity index (χ0v) is 12.9. The van der Waals surface area contributed by atoms with E-state index in [2.05, 4.69) is 5.32 Å². The fourth-order valence-corrected chi connectivity index (χ4v) is 1.98. The summed E-state index contributed by atoms with van der Waals surface area (Å²) in [5.41, 5.74) is -0.691. The van der Waals surface area contributed by atoms with Gasteiger partial charge in [0.15, 0.2) is 0 Å². The van der Waals surface area contributed by atoms with E-state index in [4.69, 9.17) is 4.74 Å². The lowest BCUT2D eigenvalue weighted by Gasteiger charge is -2.12. The maximum atomic E-state index is 12.2. The van der Waals surface area contributed by atoms with Crippen LogP contribution in [0.25, 0.3) is 0 Å². The molecule has 1 N–H and O–H groups in total. The number of nitrogens with one attached hydrogen (secondary N) is 1. The standard InChI is InChI=1S/C17H13NO7/c1-9(19)25-14-4-2-10(3-5-14)15(20)18-13-7-11(16(21)22)6-12(8-13)17(23)24/h2-8H,1H3,(H,18,20)(H,21,22)(H,23,24)/p-2. The second-order valence-corrected chi connectivity index (χ2v) is 4.95. The Labute approximate surface area is 141 Å². The van der Waals surface area contributed by atoms with Crippen molar-refractivity contribution in [2.45, 2.75) is 6.92 Å². The van der Waals surface area contributed by atoms with E-state index in [9.17, 15) is 29.4 Å². The molecule has 0 fully saturated rings. The quantitative estimate of drug-likeness (QED) is 0.577. The van der Waals surface area contributed by atoms with Gasteiger partial charge in [0.2, 0.25) is 0 Å². The summed E-state index contributed by atoms with van der Waals surface area (Å²) in [6, 6.07) is 8.57. The second kappa shape index (κ2) is 7.26. The number of hydrogen-bond acceptors (Lipinski definition) is 7. The van der Waals surface area contributed by atoms with Crippen molar-refractivity contribution in [3.05, 3.63) is 59.2 Å². The van der Waals surface area contributed by atoms with Crippen LogP contribution in [0.1, 0.15) is 38.0 Å². The molecule has 25 heavy (non-hydrogen) atoms. The number of carbonyl (C=O) groups excluding carboxylic acids is 4. The van der Waals surface area contributed by atoms with E-state index in [0.717, 1.165) is 18.2 Å². The highest BCUT2D eigenvalue weighted by Gasteiger charge is 2.09. The van der Waals surface area contributed by atoms with Crippen molar-refractivity contribution in [1.82, 2.24) is 0 Å². The molecular formula is C17H11NO7-2. The van der Waals surface area contributed by atoms with E-state index in [-0.39, 0.29) is 17.0 Å². The predicted molar refractivity (Wildman–Crippen MR) is 80.8 cm³/mol. The summed E-state index contributed by atoms with van der Waals surface area (Å²) in [7, 11) is 0. The third-order valence-electron chi connectivity index (χ3n) is 3.04. The number of hydrogen-bond donors (Lipinski definition) is 1. The molecule has 2 aromatic rings. The van der Waals surface area contributed by atoms with E-state index in [0.29, 0.717) is 0 Å². The maximum Gasteiger partial charge on any atom is 0.308 e. The van der Waals surface area contributed by atoms with Crippen LogP contribution in [0.4, 0.5) is 5.69 Å². The molecule has 0 bridgehead atoms. The van der Waals surface area contributed by atoms with Crippen LogP contribution < -0.4 is 20.3 Å². The van der Waals surface area contributed by atoms with E-state index in [1.165, 1.54) is 31.2 Å². The molecule has 0 unspecified atom stereocenters. The van der Waals surface area contributed by atoms with Gasteiger partial charge in [-0.05, 0) is 53.6 Å². The monoisotopic (exact) mass is 341 g/mol. The number of carboxylic acid groups (broad SMARTS) is 2. The largest absolute Gasteiger partial charge is 0.545 e. The first-order chi connectivity index (χ1) is 11.8. The van der Waals surface area contributed by atoms with Gasteiger partial charge in [-0.3, -0.25) is 9.59 Å². The van der Waals surface area contributed by atoms with E-state index in [1.807, 2.05) is 0 Å². The number of anilines is 1. The predicted octanol–water partition coefficient (Wildman–Crippen LogP) is -0.409. The maximum absolute atomic E-state index is 12.2. The normalized spacial score (nSPS) is 9.96. The van der Waals surface area contributed by atoms with Crippen molar-refractivity contribution in [1.29, 1.82) is 0 Å². The summed E-state index contributed by atoms with van der Waals surface area (Å²) in [6.45, 7) is 1.24. The number of ether oxygens (including phenoxy) is 1. The highest BCUT2D eigenvalue weighted by Crippen LogP contribution is 2.17. The van der Waals surface area contributed by atoms with E-state index < -0.39 is 34.9 Å². The fraction of sp³-hybridized carbons (Fsp3) is 0.0588. The van der Waals surface area contributed by atoms with Crippen LogP contribution in [-0.4, -0.2) is 23.8 Å². The van der Waals surface area contributed by atoms with Crippen LogP contribution in [0.15, 0.2) is 42.5 Å². The fourth-order valence-electron chi connectivity index (χ4n) is 1.98. The van der Waals surface area contributed by atoms with Crippen LogP contribution in [0.5, 0.6) is 5.75 Å².